The van der Waals surface area contributed by atoms with E-state index in [9.17, 15) is 0 Å². The Balaban J connectivity index is 1.11. The lowest BCUT2D eigenvalue weighted by Crippen LogP contribution is -2.26. The van der Waals surface area contributed by atoms with Crippen molar-refractivity contribution in [2.24, 2.45) is 0 Å². The first-order valence-electron chi connectivity index (χ1n) is 18.8. The van der Waals surface area contributed by atoms with E-state index in [0.29, 0.717) is 0 Å². The van der Waals surface area contributed by atoms with Crippen molar-refractivity contribution in [3.8, 4) is 45.3 Å². The summed E-state index contributed by atoms with van der Waals surface area (Å²) in [6, 6.07) is 54.3. The molecule has 0 saturated heterocycles. The fourth-order valence-electron chi connectivity index (χ4n) is 9.56. The number of benzene rings is 6. The third kappa shape index (κ3) is 4.07. The molecule has 2 aromatic heterocycles. The molecule has 258 valence electrons. The molecule has 1 unspecified atom stereocenters. The molecular formula is C50H32N4O. The Morgan fingerprint density at radius 3 is 2.25 bits per heavy atom. The molecule has 5 nitrogen and oxygen atoms in total. The van der Waals surface area contributed by atoms with Crippen molar-refractivity contribution in [1.29, 1.82) is 0 Å². The first kappa shape index (κ1) is 30.2. The van der Waals surface area contributed by atoms with Crippen LogP contribution in [0.3, 0.4) is 0 Å². The number of nitrogens with one attached hydrogen (secondary N) is 1. The number of para-hydroxylation sites is 2. The summed E-state index contributed by atoms with van der Waals surface area (Å²) in [4.78, 5) is 13.0. The van der Waals surface area contributed by atoms with Gasteiger partial charge < -0.3 is 15.0 Å². The fraction of sp³-hybridized carbons (Fsp3) is 0.0400. The Bertz CT molecular complexity index is 2990. The molecule has 0 amide bonds. The minimum atomic E-state index is -0.629. The molecule has 12 rings (SSSR count). The van der Waals surface area contributed by atoms with Crippen molar-refractivity contribution in [2.45, 2.75) is 5.41 Å². The number of rotatable bonds is 3. The van der Waals surface area contributed by atoms with Crippen molar-refractivity contribution in [3.05, 3.63) is 204 Å². The van der Waals surface area contributed by atoms with Gasteiger partial charge in [0.15, 0.2) is 11.5 Å². The number of fused-ring (bicyclic) bond motifs is 14. The summed E-state index contributed by atoms with van der Waals surface area (Å²) < 4.78 is 7.08. The molecule has 4 heterocycles. The second kappa shape index (κ2) is 11.4. The van der Waals surface area contributed by atoms with Crippen molar-refractivity contribution in [2.75, 3.05) is 11.4 Å². The zero-order valence-electron chi connectivity index (χ0n) is 29.7. The van der Waals surface area contributed by atoms with E-state index in [-0.39, 0.29) is 0 Å². The number of pyridine rings is 2. The van der Waals surface area contributed by atoms with Gasteiger partial charge in [-0.3, -0.25) is 4.98 Å². The Kier molecular flexibility index (Phi) is 6.26. The number of hydrogen-bond acceptors (Lipinski definition) is 5. The normalized spacial score (nSPS) is 16.7. The quantitative estimate of drug-likeness (QED) is 0.198. The number of hydrogen-bond donors (Lipinski definition) is 1. The topological polar surface area (TPSA) is 50.3 Å². The molecule has 0 bridgehead atoms. The Hall–Kier alpha value is -7.24. The maximum atomic E-state index is 7.08. The lowest BCUT2D eigenvalue weighted by Gasteiger charge is -2.35. The van der Waals surface area contributed by atoms with Crippen LogP contribution in [0.1, 0.15) is 27.8 Å². The number of allylic oxidation sites excluding steroid dienone is 2. The van der Waals surface area contributed by atoms with Crippen LogP contribution in [0.5, 0.6) is 11.5 Å². The van der Waals surface area contributed by atoms with Gasteiger partial charge in [-0.2, -0.15) is 0 Å². The average molecular weight is 705 g/mol. The maximum absolute atomic E-state index is 7.08. The van der Waals surface area contributed by atoms with Gasteiger partial charge in [0.25, 0.3) is 0 Å². The SMILES string of the molecule is C1=CC(c2ccccc2-c2ccc3c(n2)-c2ncccc2C32c3ccccc3-c3c2ccc2c3Oc3ccccc3N2c2cccc3ccccc23)=CCN1. The number of nitrogens with zero attached hydrogens (tertiary/aromatic N) is 3. The van der Waals surface area contributed by atoms with E-state index < -0.39 is 5.41 Å². The lowest BCUT2D eigenvalue weighted by atomic mass is 9.71. The van der Waals surface area contributed by atoms with E-state index in [2.05, 4.69) is 174 Å². The van der Waals surface area contributed by atoms with Crippen LogP contribution in [0, 0.1) is 0 Å². The molecule has 55 heavy (non-hydrogen) atoms. The third-order valence-electron chi connectivity index (χ3n) is 11.8. The molecular weight excluding hydrogens is 673 g/mol. The van der Waals surface area contributed by atoms with Crippen molar-refractivity contribution in [3.63, 3.8) is 0 Å². The second-order valence-electron chi connectivity index (χ2n) is 14.5. The van der Waals surface area contributed by atoms with E-state index in [0.717, 1.165) is 85.6 Å². The predicted molar refractivity (Wildman–Crippen MR) is 221 cm³/mol. The van der Waals surface area contributed by atoms with E-state index in [4.69, 9.17) is 14.7 Å². The van der Waals surface area contributed by atoms with Gasteiger partial charge in [-0.25, -0.2) is 4.98 Å². The highest BCUT2D eigenvalue weighted by Gasteiger charge is 2.54. The summed E-state index contributed by atoms with van der Waals surface area (Å²) in [5.74, 6) is 1.68. The van der Waals surface area contributed by atoms with Crippen LogP contribution in [0.4, 0.5) is 17.1 Å². The first-order valence-corrected chi connectivity index (χ1v) is 18.8. The van der Waals surface area contributed by atoms with Gasteiger partial charge in [-0.15, -0.1) is 0 Å². The van der Waals surface area contributed by atoms with Crippen molar-refractivity contribution >= 4 is 33.4 Å². The monoisotopic (exact) mass is 704 g/mol. The van der Waals surface area contributed by atoms with Crippen LogP contribution in [-0.4, -0.2) is 16.5 Å². The van der Waals surface area contributed by atoms with Gasteiger partial charge in [0, 0.05) is 29.3 Å². The summed E-state index contributed by atoms with van der Waals surface area (Å²) in [5, 5.41) is 5.66. The molecule has 1 atom stereocenters. The predicted octanol–water partition coefficient (Wildman–Crippen LogP) is 11.7. The van der Waals surface area contributed by atoms with Crippen LogP contribution in [0.15, 0.2) is 176 Å². The standard InChI is InChI=1S/C50H32N4O/c1-2-14-34-31(11-1)12-9-20-42(34)54-43-19-7-8-21-45(43)55-49-44(54)25-23-38-46(49)36-16-5-6-17-37(36)50(38)39-18-10-28-52-47(39)48-40(50)22-24-41(53-48)35-15-4-3-13-33(35)32-26-29-51-30-27-32/h1-29,51H,30H2. The van der Waals surface area contributed by atoms with Crippen LogP contribution in [0.25, 0.3) is 50.1 Å². The summed E-state index contributed by atoms with van der Waals surface area (Å²) >= 11 is 0. The third-order valence-corrected chi connectivity index (χ3v) is 11.8. The van der Waals surface area contributed by atoms with Gasteiger partial charge in [-0.1, -0.05) is 121 Å². The highest BCUT2D eigenvalue weighted by molar-refractivity contribution is 6.05. The van der Waals surface area contributed by atoms with Gasteiger partial charge in [0.05, 0.1) is 39.6 Å². The van der Waals surface area contributed by atoms with Crippen LogP contribution >= 0.6 is 0 Å². The summed E-state index contributed by atoms with van der Waals surface area (Å²) in [6.07, 6.45) is 8.28. The minimum absolute atomic E-state index is 0.629. The summed E-state index contributed by atoms with van der Waals surface area (Å²) in [6.45, 7) is 0.801. The Morgan fingerprint density at radius 2 is 1.33 bits per heavy atom. The molecule has 2 aliphatic carbocycles. The smallest absolute Gasteiger partial charge is 0.159 e. The molecule has 0 fully saturated rings. The number of dihydropyridines is 1. The molecule has 4 aliphatic rings. The van der Waals surface area contributed by atoms with E-state index >= 15 is 0 Å². The van der Waals surface area contributed by atoms with Crippen LogP contribution in [0.2, 0.25) is 0 Å². The number of ether oxygens (including phenoxy) is 1. The highest BCUT2D eigenvalue weighted by Crippen LogP contribution is 2.66. The van der Waals surface area contributed by atoms with Gasteiger partial charge in [0.2, 0.25) is 0 Å². The number of anilines is 3. The summed E-state index contributed by atoms with van der Waals surface area (Å²) in [5.41, 5.74) is 15.7. The Labute approximate surface area is 318 Å². The zero-order chi connectivity index (χ0) is 36.1. The lowest BCUT2D eigenvalue weighted by molar-refractivity contribution is 0.478. The van der Waals surface area contributed by atoms with Gasteiger partial charge >= 0.3 is 0 Å². The second-order valence-corrected chi connectivity index (χ2v) is 14.5. The molecule has 1 N–H and O–H groups in total. The minimum Gasteiger partial charge on any atom is -0.452 e. The molecule has 6 aromatic carbocycles. The zero-order valence-corrected chi connectivity index (χ0v) is 29.7. The van der Waals surface area contributed by atoms with Crippen LogP contribution in [-0.2, 0) is 5.41 Å². The van der Waals surface area contributed by atoms with Crippen molar-refractivity contribution in [1.82, 2.24) is 15.3 Å². The molecule has 8 aromatic rings. The van der Waals surface area contributed by atoms with Crippen LogP contribution < -0.4 is 15.0 Å². The van der Waals surface area contributed by atoms with E-state index in [1.165, 1.54) is 27.5 Å². The molecule has 5 heteroatoms. The van der Waals surface area contributed by atoms with Gasteiger partial charge in [0.1, 0.15) is 0 Å². The highest BCUT2D eigenvalue weighted by atomic mass is 16.5. The molecule has 0 radical (unpaired) electrons. The largest absolute Gasteiger partial charge is 0.452 e. The maximum Gasteiger partial charge on any atom is 0.159 e. The fourth-order valence-corrected chi connectivity index (χ4v) is 9.56. The van der Waals surface area contributed by atoms with Gasteiger partial charge in [-0.05, 0) is 93.0 Å². The first-order chi connectivity index (χ1) is 27.3. The average Bonchev–Trinajstić information content (AvgIpc) is 3.73. The molecule has 0 saturated carbocycles. The van der Waals surface area contributed by atoms with E-state index in [1.807, 2.05) is 12.4 Å². The van der Waals surface area contributed by atoms with Crippen molar-refractivity contribution < 1.29 is 4.74 Å². The molecule has 1 spiro atoms. The summed E-state index contributed by atoms with van der Waals surface area (Å²) in [7, 11) is 0. The molecule has 2 aliphatic heterocycles. The van der Waals surface area contributed by atoms with E-state index in [1.54, 1.807) is 0 Å². The Morgan fingerprint density at radius 1 is 0.582 bits per heavy atom. The number of aromatic nitrogens is 2.